The van der Waals surface area contributed by atoms with Gasteiger partial charge in [0.1, 0.15) is 5.78 Å². The van der Waals surface area contributed by atoms with E-state index in [1.807, 2.05) is 0 Å². The van der Waals surface area contributed by atoms with E-state index in [1.54, 1.807) is 30.3 Å². The highest BCUT2D eigenvalue weighted by Crippen LogP contribution is 2.14. The standard InChI is InChI=1S/C14H14N2O3/c1-10(17)7-12(14(19)9-16-15)8-13(18)11-5-3-2-4-6-11/h2-6,9,12H,7-8H2,1H3. The van der Waals surface area contributed by atoms with Crippen molar-refractivity contribution in [3.05, 3.63) is 41.4 Å². The third-order valence-electron chi connectivity index (χ3n) is 2.65. The molecule has 0 amide bonds. The van der Waals surface area contributed by atoms with Crippen LogP contribution >= 0.6 is 0 Å². The van der Waals surface area contributed by atoms with E-state index < -0.39 is 11.7 Å². The molecule has 0 saturated heterocycles. The molecule has 1 aromatic rings. The molecule has 0 bridgehead atoms. The van der Waals surface area contributed by atoms with E-state index in [4.69, 9.17) is 5.53 Å². The Morgan fingerprint density at radius 2 is 1.84 bits per heavy atom. The van der Waals surface area contributed by atoms with Gasteiger partial charge in [-0.3, -0.25) is 9.59 Å². The second kappa shape index (κ2) is 7.13. The minimum Gasteiger partial charge on any atom is -0.361 e. The predicted molar refractivity (Wildman–Crippen MR) is 68.9 cm³/mol. The summed E-state index contributed by atoms with van der Waals surface area (Å²) < 4.78 is 0. The molecule has 0 heterocycles. The topological polar surface area (TPSA) is 87.6 Å². The van der Waals surface area contributed by atoms with Gasteiger partial charge in [0.15, 0.2) is 5.78 Å². The number of nitrogens with zero attached hydrogens (tertiary/aromatic N) is 2. The summed E-state index contributed by atoms with van der Waals surface area (Å²) in [6.45, 7) is 1.35. The van der Waals surface area contributed by atoms with Crippen LogP contribution in [0.2, 0.25) is 0 Å². The lowest BCUT2D eigenvalue weighted by Crippen LogP contribution is -2.22. The van der Waals surface area contributed by atoms with E-state index in [2.05, 4.69) is 4.79 Å². The molecule has 0 spiro atoms. The third kappa shape index (κ3) is 4.77. The summed E-state index contributed by atoms with van der Waals surface area (Å²) in [5.41, 5.74) is 8.84. The van der Waals surface area contributed by atoms with Gasteiger partial charge < -0.3 is 10.3 Å². The maximum atomic E-state index is 12.0. The summed E-state index contributed by atoms with van der Waals surface area (Å²) in [6, 6.07) is 8.54. The molecule has 0 aromatic heterocycles. The second-order valence-electron chi connectivity index (χ2n) is 4.24. The Morgan fingerprint density at radius 3 is 2.37 bits per heavy atom. The number of Topliss-reactive ketones (excluding diaryl/α,β-unsaturated/α-hetero) is 3. The van der Waals surface area contributed by atoms with Crippen LogP contribution in [0.4, 0.5) is 0 Å². The van der Waals surface area contributed by atoms with Gasteiger partial charge in [0.25, 0.3) is 0 Å². The van der Waals surface area contributed by atoms with Gasteiger partial charge in [-0.05, 0) is 6.92 Å². The lowest BCUT2D eigenvalue weighted by atomic mass is 9.91. The van der Waals surface area contributed by atoms with Gasteiger partial charge in [-0.2, -0.15) is 4.79 Å². The fourth-order valence-electron chi connectivity index (χ4n) is 1.75. The molecule has 0 fully saturated rings. The Kier molecular flexibility index (Phi) is 5.51. The molecule has 0 aliphatic heterocycles. The zero-order valence-corrected chi connectivity index (χ0v) is 10.6. The monoisotopic (exact) mass is 258 g/mol. The summed E-state index contributed by atoms with van der Waals surface area (Å²) in [7, 11) is 0. The summed E-state index contributed by atoms with van der Waals surface area (Å²) in [6.07, 6.45) is 0.615. The normalized spacial score (nSPS) is 11.2. The number of hydrogen-bond donors (Lipinski definition) is 0. The molecule has 1 atom stereocenters. The fraction of sp³-hybridized carbons (Fsp3) is 0.286. The van der Waals surface area contributed by atoms with Gasteiger partial charge in [-0.1, -0.05) is 30.3 Å². The molecule has 0 N–H and O–H groups in total. The quantitative estimate of drug-likeness (QED) is 0.323. The Bertz CT molecular complexity index is 531. The van der Waals surface area contributed by atoms with Crippen LogP contribution in [0.25, 0.3) is 5.53 Å². The Hall–Kier alpha value is -2.39. The highest BCUT2D eigenvalue weighted by atomic mass is 16.1. The number of ketones is 3. The summed E-state index contributed by atoms with van der Waals surface area (Å²) >= 11 is 0. The number of carbonyl (C=O) groups is 3. The second-order valence-corrected chi connectivity index (χ2v) is 4.24. The lowest BCUT2D eigenvalue weighted by Gasteiger charge is -2.09. The molecular weight excluding hydrogens is 244 g/mol. The van der Waals surface area contributed by atoms with Crippen molar-refractivity contribution in [3.8, 4) is 0 Å². The first-order valence-electron chi connectivity index (χ1n) is 5.83. The van der Waals surface area contributed by atoms with Crippen molar-refractivity contribution >= 4 is 23.6 Å². The van der Waals surface area contributed by atoms with Crippen LogP contribution < -0.4 is 0 Å². The van der Waals surface area contributed by atoms with Crippen LogP contribution in [-0.4, -0.2) is 28.4 Å². The van der Waals surface area contributed by atoms with Crippen molar-refractivity contribution in [2.24, 2.45) is 5.92 Å². The Morgan fingerprint density at radius 1 is 1.21 bits per heavy atom. The van der Waals surface area contributed by atoms with E-state index in [0.717, 1.165) is 6.21 Å². The van der Waals surface area contributed by atoms with E-state index >= 15 is 0 Å². The first kappa shape index (κ1) is 14.7. The van der Waals surface area contributed by atoms with Crippen LogP contribution in [0.1, 0.15) is 30.1 Å². The smallest absolute Gasteiger partial charge is 0.323 e. The molecule has 1 unspecified atom stereocenters. The van der Waals surface area contributed by atoms with Crippen molar-refractivity contribution < 1.29 is 19.2 Å². The average molecular weight is 258 g/mol. The van der Waals surface area contributed by atoms with Gasteiger partial charge in [0.2, 0.25) is 5.78 Å². The predicted octanol–water partition coefficient (Wildman–Crippen LogP) is 1.72. The SMILES string of the molecule is CC(=O)CC(CC(=O)c1ccccc1)C(=O)C=[N+]=[N-]. The molecule has 19 heavy (non-hydrogen) atoms. The van der Waals surface area contributed by atoms with Crippen molar-refractivity contribution in [2.75, 3.05) is 0 Å². The van der Waals surface area contributed by atoms with Gasteiger partial charge in [0, 0.05) is 24.3 Å². The van der Waals surface area contributed by atoms with E-state index in [0.29, 0.717) is 5.56 Å². The van der Waals surface area contributed by atoms with Crippen LogP contribution in [0.15, 0.2) is 30.3 Å². The molecule has 0 saturated carbocycles. The molecule has 0 aliphatic carbocycles. The summed E-state index contributed by atoms with van der Waals surface area (Å²) in [5, 5.41) is 0. The maximum Gasteiger partial charge on any atom is 0.323 e. The summed E-state index contributed by atoms with van der Waals surface area (Å²) in [5.74, 6) is -1.71. The van der Waals surface area contributed by atoms with Crippen molar-refractivity contribution in [1.82, 2.24) is 0 Å². The average Bonchev–Trinajstić information content (AvgIpc) is 2.38. The fourth-order valence-corrected chi connectivity index (χ4v) is 1.75. The van der Waals surface area contributed by atoms with E-state index in [1.165, 1.54) is 6.92 Å². The number of rotatable bonds is 7. The minimum atomic E-state index is -0.777. The lowest BCUT2D eigenvalue weighted by molar-refractivity contribution is -0.124. The maximum absolute atomic E-state index is 12.0. The van der Waals surface area contributed by atoms with Gasteiger partial charge in [-0.25, -0.2) is 0 Å². The summed E-state index contributed by atoms with van der Waals surface area (Å²) in [4.78, 5) is 37.4. The Labute approximate surface area is 110 Å². The molecule has 5 heteroatoms. The molecule has 0 aliphatic rings. The zero-order valence-electron chi connectivity index (χ0n) is 10.6. The van der Waals surface area contributed by atoms with E-state index in [-0.39, 0.29) is 24.4 Å². The van der Waals surface area contributed by atoms with Crippen LogP contribution in [0.3, 0.4) is 0 Å². The number of benzene rings is 1. The van der Waals surface area contributed by atoms with Crippen molar-refractivity contribution in [3.63, 3.8) is 0 Å². The number of hydrogen-bond acceptors (Lipinski definition) is 3. The van der Waals surface area contributed by atoms with Gasteiger partial charge >= 0.3 is 6.21 Å². The van der Waals surface area contributed by atoms with Crippen molar-refractivity contribution in [1.29, 1.82) is 0 Å². The van der Waals surface area contributed by atoms with Gasteiger partial charge in [-0.15, -0.1) is 0 Å². The molecule has 0 radical (unpaired) electrons. The first-order valence-corrected chi connectivity index (χ1v) is 5.83. The first-order chi connectivity index (χ1) is 9.04. The van der Waals surface area contributed by atoms with Crippen LogP contribution in [0, 0.1) is 5.92 Å². The Balaban J connectivity index is 2.83. The largest absolute Gasteiger partial charge is 0.361 e. The molecule has 98 valence electrons. The molecular formula is C14H14N2O3. The molecule has 1 rings (SSSR count). The minimum absolute atomic E-state index is 0.0383. The third-order valence-corrected chi connectivity index (χ3v) is 2.65. The van der Waals surface area contributed by atoms with E-state index in [9.17, 15) is 14.4 Å². The zero-order chi connectivity index (χ0) is 14.3. The van der Waals surface area contributed by atoms with Crippen LogP contribution in [-0.2, 0) is 9.59 Å². The highest BCUT2D eigenvalue weighted by molar-refractivity contribution is 6.27. The molecule has 5 nitrogen and oxygen atoms in total. The number of carbonyl (C=O) groups excluding carboxylic acids is 3. The molecule has 1 aromatic carbocycles. The highest BCUT2D eigenvalue weighted by Gasteiger charge is 2.25. The van der Waals surface area contributed by atoms with Crippen LogP contribution in [0.5, 0.6) is 0 Å². The van der Waals surface area contributed by atoms with Crippen molar-refractivity contribution in [2.45, 2.75) is 19.8 Å². The van der Waals surface area contributed by atoms with Gasteiger partial charge in [0.05, 0.1) is 0 Å².